The van der Waals surface area contributed by atoms with Gasteiger partial charge in [0.2, 0.25) is 5.91 Å². The first-order chi connectivity index (χ1) is 17.5. The number of halogens is 3. The van der Waals surface area contributed by atoms with Gasteiger partial charge in [-0.05, 0) is 55.0 Å². The number of amides is 1. The Morgan fingerprint density at radius 3 is 2.59 bits per heavy atom. The zero-order chi connectivity index (χ0) is 26.6. The summed E-state index contributed by atoms with van der Waals surface area (Å²) in [4.78, 5) is 27.9. The number of hydrogen-bond donors (Lipinski definition) is 1. The number of carbonyl (C=O) groups excluding carboxylic acids is 1. The number of hydrogen-bond acceptors (Lipinski definition) is 3. The highest BCUT2D eigenvalue weighted by atomic mass is 35.5. The van der Waals surface area contributed by atoms with E-state index in [0.717, 1.165) is 5.56 Å². The summed E-state index contributed by atoms with van der Waals surface area (Å²) in [6.07, 6.45) is 0. The molecule has 2 heterocycles. The SMILES string of the molecule is Cc1c(Sc2cccc(C(=O)O)c2)c2ccc(Cl)c(F)c2n1CC(=O)N1CC(C)(C)c2ccc(F)cc21. The molecule has 190 valence electrons. The lowest BCUT2D eigenvalue weighted by atomic mass is 9.87. The van der Waals surface area contributed by atoms with Gasteiger partial charge >= 0.3 is 5.97 Å². The first-order valence-corrected chi connectivity index (χ1v) is 12.8. The number of carboxylic acids is 1. The number of aromatic carboxylic acids is 1. The Bertz CT molecular complexity index is 1600. The minimum absolute atomic E-state index is 0.0714. The largest absolute Gasteiger partial charge is 0.478 e. The van der Waals surface area contributed by atoms with E-state index in [1.165, 1.54) is 36.0 Å². The monoisotopic (exact) mass is 540 g/mol. The summed E-state index contributed by atoms with van der Waals surface area (Å²) in [7, 11) is 0. The zero-order valence-corrected chi connectivity index (χ0v) is 21.9. The van der Waals surface area contributed by atoms with Gasteiger partial charge in [0, 0.05) is 32.8 Å². The minimum atomic E-state index is -1.05. The lowest BCUT2D eigenvalue weighted by Crippen LogP contribution is -2.36. The molecule has 1 N–H and O–H groups in total. The Balaban J connectivity index is 1.58. The number of carbonyl (C=O) groups is 2. The molecular weight excluding hydrogens is 518 g/mol. The normalized spacial score (nSPS) is 14.3. The number of rotatable bonds is 5. The van der Waals surface area contributed by atoms with E-state index in [4.69, 9.17) is 11.6 Å². The molecule has 5 rings (SSSR count). The summed E-state index contributed by atoms with van der Waals surface area (Å²) in [5.41, 5.74) is 1.99. The van der Waals surface area contributed by atoms with Gasteiger partial charge in [0.05, 0.1) is 21.8 Å². The van der Waals surface area contributed by atoms with E-state index < -0.39 is 17.6 Å². The van der Waals surface area contributed by atoms with Crippen molar-refractivity contribution in [2.24, 2.45) is 0 Å². The summed E-state index contributed by atoms with van der Waals surface area (Å²) in [6, 6.07) is 14.1. The van der Waals surface area contributed by atoms with Crippen LogP contribution in [0.1, 0.15) is 35.5 Å². The second kappa shape index (κ2) is 9.19. The third-order valence-corrected chi connectivity index (χ3v) is 8.25. The second-order valence-corrected chi connectivity index (χ2v) is 11.2. The van der Waals surface area contributed by atoms with Gasteiger partial charge < -0.3 is 14.6 Å². The van der Waals surface area contributed by atoms with Crippen molar-refractivity contribution in [2.45, 2.75) is 42.5 Å². The van der Waals surface area contributed by atoms with E-state index in [1.807, 2.05) is 13.8 Å². The topological polar surface area (TPSA) is 62.5 Å². The summed E-state index contributed by atoms with van der Waals surface area (Å²) in [6.45, 7) is 5.96. The third kappa shape index (κ3) is 4.38. The maximum Gasteiger partial charge on any atom is 0.335 e. The Kier molecular flexibility index (Phi) is 6.28. The molecule has 0 atom stereocenters. The summed E-state index contributed by atoms with van der Waals surface area (Å²) >= 11 is 7.42. The molecule has 37 heavy (non-hydrogen) atoms. The number of aromatic nitrogens is 1. The van der Waals surface area contributed by atoms with Crippen LogP contribution in [0.4, 0.5) is 14.5 Å². The molecule has 0 fully saturated rings. The van der Waals surface area contributed by atoms with Gasteiger partial charge in [-0.3, -0.25) is 4.79 Å². The Hall–Kier alpha value is -3.36. The first kappa shape index (κ1) is 25.3. The number of nitrogens with zero attached hydrogens (tertiary/aromatic N) is 2. The molecule has 9 heteroatoms. The molecular formula is C28H23ClF2N2O3S. The average molecular weight is 541 g/mol. The molecule has 1 aromatic heterocycles. The molecule has 0 unspecified atom stereocenters. The number of carboxylic acid groups (broad SMARTS) is 1. The van der Waals surface area contributed by atoms with Crippen molar-refractivity contribution < 1.29 is 23.5 Å². The van der Waals surface area contributed by atoms with Crippen LogP contribution in [-0.4, -0.2) is 28.1 Å². The van der Waals surface area contributed by atoms with Crippen LogP contribution in [-0.2, 0) is 16.8 Å². The lowest BCUT2D eigenvalue weighted by Gasteiger charge is -2.22. The van der Waals surface area contributed by atoms with Crippen molar-refractivity contribution >= 4 is 51.8 Å². The van der Waals surface area contributed by atoms with Crippen molar-refractivity contribution in [3.63, 3.8) is 0 Å². The minimum Gasteiger partial charge on any atom is -0.478 e. The predicted octanol–water partition coefficient (Wildman–Crippen LogP) is 7.06. The molecule has 0 saturated heterocycles. The van der Waals surface area contributed by atoms with Gasteiger partial charge in [-0.25, -0.2) is 13.6 Å². The molecule has 1 aliphatic heterocycles. The highest BCUT2D eigenvalue weighted by Crippen LogP contribution is 2.43. The smallest absolute Gasteiger partial charge is 0.335 e. The van der Waals surface area contributed by atoms with E-state index in [2.05, 4.69) is 0 Å². The summed E-state index contributed by atoms with van der Waals surface area (Å²) in [5.74, 6) is -2.43. The van der Waals surface area contributed by atoms with Crippen LogP contribution in [0.25, 0.3) is 10.9 Å². The quantitative estimate of drug-likeness (QED) is 0.294. The first-order valence-electron chi connectivity index (χ1n) is 11.6. The van der Waals surface area contributed by atoms with Gasteiger partial charge in [-0.1, -0.05) is 49.3 Å². The maximum atomic E-state index is 15.4. The molecule has 0 aliphatic carbocycles. The van der Waals surface area contributed by atoms with E-state index in [1.54, 1.807) is 46.7 Å². The molecule has 5 nitrogen and oxygen atoms in total. The van der Waals surface area contributed by atoms with Crippen LogP contribution in [0.15, 0.2) is 64.4 Å². The molecule has 4 aromatic rings. The van der Waals surface area contributed by atoms with Crippen LogP contribution in [0.5, 0.6) is 0 Å². The van der Waals surface area contributed by atoms with E-state index in [9.17, 15) is 19.1 Å². The van der Waals surface area contributed by atoms with Crippen molar-refractivity contribution in [3.8, 4) is 0 Å². The molecule has 1 aliphatic rings. The van der Waals surface area contributed by atoms with Crippen LogP contribution in [0.2, 0.25) is 5.02 Å². The molecule has 1 amide bonds. The molecule has 3 aromatic carbocycles. The molecule has 0 saturated carbocycles. The summed E-state index contributed by atoms with van der Waals surface area (Å²) in [5, 5.41) is 9.85. The number of fused-ring (bicyclic) bond motifs is 2. The van der Waals surface area contributed by atoms with Crippen LogP contribution < -0.4 is 4.90 Å². The highest BCUT2D eigenvalue weighted by Gasteiger charge is 2.38. The van der Waals surface area contributed by atoms with Crippen molar-refractivity contribution in [1.82, 2.24) is 4.57 Å². The van der Waals surface area contributed by atoms with Crippen LogP contribution in [0.3, 0.4) is 0 Å². The van der Waals surface area contributed by atoms with Crippen molar-refractivity contribution in [3.05, 3.63) is 88.1 Å². The van der Waals surface area contributed by atoms with Crippen molar-refractivity contribution in [2.75, 3.05) is 11.4 Å². The van der Waals surface area contributed by atoms with Crippen LogP contribution >= 0.6 is 23.4 Å². The second-order valence-electron chi connectivity index (χ2n) is 9.72. The van der Waals surface area contributed by atoms with E-state index in [0.29, 0.717) is 33.1 Å². The van der Waals surface area contributed by atoms with E-state index in [-0.39, 0.29) is 34.0 Å². The van der Waals surface area contributed by atoms with Crippen LogP contribution in [0, 0.1) is 18.6 Å². The van der Waals surface area contributed by atoms with Gasteiger partial charge in [0.25, 0.3) is 0 Å². The fraction of sp³-hybridized carbons (Fsp3) is 0.214. The average Bonchev–Trinajstić information content (AvgIpc) is 3.26. The Morgan fingerprint density at radius 2 is 1.86 bits per heavy atom. The van der Waals surface area contributed by atoms with Gasteiger partial charge in [-0.15, -0.1) is 0 Å². The zero-order valence-electron chi connectivity index (χ0n) is 20.3. The predicted molar refractivity (Wildman–Crippen MR) is 141 cm³/mol. The fourth-order valence-electron chi connectivity index (χ4n) is 4.92. The van der Waals surface area contributed by atoms with E-state index >= 15 is 4.39 Å². The van der Waals surface area contributed by atoms with Gasteiger partial charge in [0.1, 0.15) is 12.4 Å². The Labute approximate surface area is 221 Å². The fourth-order valence-corrected chi connectivity index (χ4v) is 6.17. The summed E-state index contributed by atoms with van der Waals surface area (Å²) < 4.78 is 31.1. The van der Waals surface area contributed by atoms with Gasteiger partial charge in [-0.2, -0.15) is 0 Å². The standard InChI is InChI=1S/C28H23ClF2N2O3S/c1-15-26(37-18-6-4-5-16(11-18)27(35)36)19-8-10-21(29)24(31)25(19)32(15)13-23(34)33-14-28(2,3)20-9-7-17(30)12-22(20)33/h4-12H,13-14H2,1-3H3,(H,35,36). The highest BCUT2D eigenvalue weighted by molar-refractivity contribution is 7.99. The third-order valence-electron chi connectivity index (χ3n) is 6.75. The lowest BCUT2D eigenvalue weighted by molar-refractivity contribution is -0.119. The molecule has 0 bridgehead atoms. The number of benzene rings is 3. The maximum absolute atomic E-state index is 15.4. The Morgan fingerprint density at radius 1 is 1.11 bits per heavy atom. The molecule has 0 radical (unpaired) electrons. The molecule has 0 spiro atoms. The van der Waals surface area contributed by atoms with Gasteiger partial charge in [0.15, 0.2) is 5.82 Å². The number of anilines is 1. The van der Waals surface area contributed by atoms with Crippen molar-refractivity contribution in [1.29, 1.82) is 0 Å².